The molecule has 1 atom stereocenters. The van der Waals surface area contributed by atoms with E-state index in [1.54, 1.807) is 11.5 Å². The lowest BCUT2D eigenvalue weighted by molar-refractivity contribution is -0.132. The Labute approximate surface area is 183 Å². The summed E-state index contributed by atoms with van der Waals surface area (Å²) < 4.78 is 1.59. The van der Waals surface area contributed by atoms with E-state index in [2.05, 4.69) is 48.0 Å². The second-order valence-corrected chi connectivity index (χ2v) is 8.73. The Bertz CT molecular complexity index is 1210. The second-order valence-electron chi connectivity index (χ2n) is 8.73. The van der Waals surface area contributed by atoms with Gasteiger partial charge in [-0.15, -0.1) is 0 Å². The summed E-state index contributed by atoms with van der Waals surface area (Å²) in [6.45, 7) is 12.1. The molecule has 0 aliphatic carbocycles. The van der Waals surface area contributed by atoms with Crippen molar-refractivity contribution in [1.29, 1.82) is 0 Å². The van der Waals surface area contributed by atoms with Crippen LogP contribution in [0.15, 0.2) is 41.2 Å². The van der Waals surface area contributed by atoms with Crippen LogP contribution < -0.4 is 10.5 Å². The minimum Gasteiger partial charge on any atom is -0.365 e. The lowest BCUT2D eigenvalue weighted by Crippen LogP contribution is -2.54. The van der Waals surface area contributed by atoms with Gasteiger partial charge in [-0.25, -0.2) is 4.98 Å². The van der Waals surface area contributed by atoms with Crippen molar-refractivity contribution in [3.05, 3.63) is 69.1 Å². The van der Waals surface area contributed by atoms with Crippen molar-refractivity contribution in [2.24, 2.45) is 0 Å². The molecule has 1 aliphatic rings. The van der Waals surface area contributed by atoms with Gasteiger partial charge in [0, 0.05) is 31.4 Å². The normalized spacial score (nSPS) is 16.7. The first-order valence-electron chi connectivity index (χ1n) is 10.8. The molecule has 1 aromatic heterocycles. The van der Waals surface area contributed by atoms with Crippen LogP contribution in [0, 0.1) is 27.7 Å². The van der Waals surface area contributed by atoms with Crippen molar-refractivity contribution in [2.75, 3.05) is 24.5 Å². The van der Waals surface area contributed by atoms with Gasteiger partial charge < -0.3 is 9.80 Å². The van der Waals surface area contributed by atoms with E-state index >= 15 is 0 Å². The Morgan fingerprint density at radius 2 is 1.81 bits per heavy atom. The fourth-order valence-corrected chi connectivity index (χ4v) is 4.39. The zero-order valence-electron chi connectivity index (χ0n) is 19.0. The highest BCUT2D eigenvalue weighted by Gasteiger charge is 2.27. The molecule has 1 amide bonds. The number of fused-ring (bicyclic) bond motifs is 1. The van der Waals surface area contributed by atoms with Gasteiger partial charge in [0.25, 0.3) is 5.56 Å². The molecular formula is C25H30N4O2. The number of rotatable bonds is 3. The number of piperazine rings is 1. The molecular weight excluding hydrogens is 388 g/mol. The first-order chi connectivity index (χ1) is 14.7. The van der Waals surface area contributed by atoms with Gasteiger partial charge in [-0.1, -0.05) is 12.1 Å². The SMILES string of the molecule is Cc1cccc(N2CCN(C(=O)Cn3c(=O)c(C)nc4cc(C)c(C)cc43)C[C@@H]2C)c1. The molecule has 0 bridgehead atoms. The quantitative estimate of drug-likeness (QED) is 0.654. The number of aromatic nitrogens is 2. The first kappa shape index (κ1) is 21.1. The Morgan fingerprint density at radius 1 is 1.06 bits per heavy atom. The third-order valence-electron chi connectivity index (χ3n) is 6.33. The van der Waals surface area contributed by atoms with Crippen LogP contribution in [-0.2, 0) is 11.3 Å². The van der Waals surface area contributed by atoms with Gasteiger partial charge in [0.1, 0.15) is 12.2 Å². The lowest BCUT2D eigenvalue weighted by Gasteiger charge is -2.41. The van der Waals surface area contributed by atoms with Crippen LogP contribution in [0.1, 0.15) is 29.3 Å². The Morgan fingerprint density at radius 3 is 2.52 bits per heavy atom. The van der Waals surface area contributed by atoms with Gasteiger partial charge in [0.05, 0.1) is 11.0 Å². The molecule has 6 heteroatoms. The highest BCUT2D eigenvalue weighted by Crippen LogP contribution is 2.22. The zero-order valence-corrected chi connectivity index (χ0v) is 19.0. The van der Waals surface area contributed by atoms with E-state index in [9.17, 15) is 9.59 Å². The minimum atomic E-state index is -0.199. The van der Waals surface area contributed by atoms with Crippen LogP contribution >= 0.6 is 0 Å². The summed E-state index contributed by atoms with van der Waals surface area (Å²) in [5, 5.41) is 0. The monoisotopic (exact) mass is 418 g/mol. The number of benzene rings is 2. The summed E-state index contributed by atoms with van der Waals surface area (Å²) in [6.07, 6.45) is 0. The van der Waals surface area contributed by atoms with Gasteiger partial charge in [0.2, 0.25) is 5.91 Å². The predicted octanol–water partition coefficient (Wildman–Crippen LogP) is 3.37. The third kappa shape index (κ3) is 4.07. The van der Waals surface area contributed by atoms with Gasteiger partial charge in [-0.05, 0) is 75.6 Å². The van der Waals surface area contributed by atoms with Gasteiger partial charge in [-0.2, -0.15) is 0 Å². The van der Waals surface area contributed by atoms with E-state index in [1.165, 1.54) is 11.3 Å². The van der Waals surface area contributed by atoms with Crippen LogP contribution in [0.3, 0.4) is 0 Å². The van der Waals surface area contributed by atoms with Crippen molar-refractivity contribution < 1.29 is 4.79 Å². The highest BCUT2D eigenvalue weighted by molar-refractivity contribution is 5.81. The molecule has 1 aliphatic heterocycles. The maximum atomic E-state index is 13.2. The Balaban J connectivity index is 1.57. The van der Waals surface area contributed by atoms with Crippen LogP contribution in [-0.4, -0.2) is 46.0 Å². The number of carbonyl (C=O) groups excluding carboxylic acids is 1. The number of carbonyl (C=O) groups is 1. The van der Waals surface area contributed by atoms with Gasteiger partial charge in [0.15, 0.2) is 0 Å². The summed E-state index contributed by atoms with van der Waals surface area (Å²) in [6, 6.07) is 12.6. The molecule has 6 nitrogen and oxygen atoms in total. The molecule has 0 radical (unpaired) electrons. The Hall–Kier alpha value is -3.15. The topological polar surface area (TPSA) is 58.4 Å². The average Bonchev–Trinajstić information content (AvgIpc) is 2.73. The van der Waals surface area contributed by atoms with E-state index in [4.69, 9.17) is 0 Å². The molecule has 1 saturated heterocycles. The maximum Gasteiger partial charge on any atom is 0.272 e. The molecule has 0 unspecified atom stereocenters. The molecule has 0 N–H and O–H groups in total. The zero-order chi connectivity index (χ0) is 22.3. The van der Waals surface area contributed by atoms with Crippen molar-refractivity contribution in [3.63, 3.8) is 0 Å². The summed E-state index contributed by atoms with van der Waals surface area (Å²) in [5.41, 5.74) is 6.32. The number of hydrogen-bond donors (Lipinski definition) is 0. The number of aryl methyl sites for hydroxylation is 4. The van der Waals surface area contributed by atoms with Crippen molar-refractivity contribution in [2.45, 2.75) is 47.2 Å². The molecule has 31 heavy (non-hydrogen) atoms. The summed E-state index contributed by atoms with van der Waals surface area (Å²) in [4.78, 5) is 34.7. The standard InChI is InChI=1S/C25H30N4O2/c1-16-7-6-8-21(11-16)28-10-9-27(14-19(28)4)24(30)15-29-23-13-18(3)17(2)12-22(23)26-20(5)25(29)31/h6-8,11-13,19H,9-10,14-15H2,1-5H3/t19-/m0/s1. The van der Waals surface area contributed by atoms with Crippen LogP contribution in [0.2, 0.25) is 0 Å². The molecule has 3 aromatic rings. The molecule has 1 fully saturated rings. The fourth-order valence-electron chi connectivity index (χ4n) is 4.39. The van der Waals surface area contributed by atoms with Crippen molar-refractivity contribution >= 4 is 22.6 Å². The highest BCUT2D eigenvalue weighted by atomic mass is 16.2. The number of anilines is 1. The van der Waals surface area contributed by atoms with E-state index in [0.717, 1.165) is 28.7 Å². The van der Waals surface area contributed by atoms with E-state index in [0.29, 0.717) is 18.8 Å². The van der Waals surface area contributed by atoms with Crippen molar-refractivity contribution in [3.8, 4) is 0 Å². The largest absolute Gasteiger partial charge is 0.365 e. The maximum absolute atomic E-state index is 13.2. The molecule has 2 heterocycles. The molecule has 162 valence electrons. The minimum absolute atomic E-state index is 0.0250. The van der Waals surface area contributed by atoms with Crippen LogP contribution in [0.5, 0.6) is 0 Å². The van der Waals surface area contributed by atoms with Crippen LogP contribution in [0.25, 0.3) is 11.0 Å². The summed E-state index contributed by atoms with van der Waals surface area (Å²) >= 11 is 0. The third-order valence-corrected chi connectivity index (χ3v) is 6.33. The molecule has 0 spiro atoms. The summed E-state index contributed by atoms with van der Waals surface area (Å²) in [5.74, 6) is -0.0250. The number of amides is 1. The fraction of sp³-hybridized carbons (Fsp3) is 0.400. The van der Waals surface area contributed by atoms with Crippen molar-refractivity contribution in [1.82, 2.24) is 14.5 Å². The predicted molar refractivity (Wildman–Crippen MR) is 125 cm³/mol. The number of nitrogens with zero attached hydrogens (tertiary/aromatic N) is 4. The Kier molecular flexibility index (Phi) is 5.56. The van der Waals surface area contributed by atoms with Gasteiger partial charge >= 0.3 is 0 Å². The lowest BCUT2D eigenvalue weighted by atomic mass is 10.1. The molecule has 0 saturated carbocycles. The summed E-state index contributed by atoms with van der Waals surface area (Å²) in [7, 11) is 0. The van der Waals surface area contributed by atoms with E-state index < -0.39 is 0 Å². The average molecular weight is 419 g/mol. The molecule has 2 aromatic carbocycles. The number of hydrogen-bond acceptors (Lipinski definition) is 4. The van der Waals surface area contributed by atoms with E-state index in [1.807, 2.05) is 30.9 Å². The smallest absolute Gasteiger partial charge is 0.272 e. The molecule has 4 rings (SSSR count). The second kappa shape index (κ2) is 8.17. The first-order valence-corrected chi connectivity index (χ1v) is 10.8. The van der Waals surface area contributed by atoms with E-state index in [-0.39, 0.29) is 24.1 Å². The van der Waals surface area contributed by atoms with Crippen LogP contribution in [0.4, 0.5) is 5.69 Å². The van der Waals surface area contributed by atoms with Gasteiger partial charge in [-0.3, -0.25) is 14.2 Å².